The molecule has 1 aromatic rings. The smallest absolute Gasteiger partial charge is 0.351 e. The number of carbonyl (C=O) groups excluding carboxylic acids is 3. The normalized spacial score (nSPS) is 24.3. The molecule has 1 saturated carbocycles. The van der Waals surface area contributed by atoms with Gasteiger partial charge in [0.2, 0.25) is 12.1 Å². The summed E-state index contributed by atoms with van der Waals surface area (Å²) in [5, 5.41) is 2.60. The molecule has 1 amide bonds. The fourth-order valence-electron chi connectivity index (χ4n) is 4.49. The zero-order valence-corrected chi connectivity index (χ0v) is 22.7. The number of hydrogen-bond acceptors (Lipinski definition) is 9. The van der Waals surface area contributed by atoms with Gasteiger partial charge >= 0.3 is 23.6 Å². The van der Waals surface area contributed by atoms with Gasteiger partial charge in [-0.2, -0.15) is 13.8 Å². The molecule has 0 spiro atoms. The van der Waals surface area contributed by atoms with Crippen molar-refractivity contribution in [3.8, 4) is 0 Å². The van der Waals surface area contributed by atoms with E-state index in [2.05, 4.69) is 10.3 Å². The molecule has 2 fully saturated rings. The van der Waals surface area contributed by atoms with Crippen molar-refractivity contribution in [2.75, 3.05) is 11.9 Å². The second kappa shape index (κ2) is 12.9. The molecule has 3 rings (SSSR count). The minimum Gasteiger partial charge on any atom is -0.463 e. The zero-order chi connectivity index (χ0) is 28.9. The van der Waals surface area contributed by atoms with E-state index in [4.69, 9.17) is 19.9 Å². The van der Waals surface area contributed by atoms with Crippen molar-refractivity contribution in [1.82, 2.24) is 9.55 Å². The SMILES string of the molecule is CC(C)C(=O)OC[C@H]1O[C@@H](n2ccc(NC(=O)C3CCCCCC3)nc2=O)C(F)(F)[C@@H]1OC(=O)[C@@H](N)C(C)C. The second-order valence-corrected chi connectivity index (χ2v) is 10.8. The lowest BCUT2D eigenvalue weighted by atomic mass is 9.99. The predicted octanol–water partition coefficient (Wildman–Crippen LogP) is 2.78. The molecule has 11 nitrogen and oxygen atoms in total. The first-order chi connectivity index (χ1) is 18.3. The molecule has 0 radical (unpaired) electrons. The Labute approximate surface area is 225 Å². The topological polar surface area (TPSA) is 152 Å². The first kappa shape index (κ1) is 30.6. The third-order valence-corrected chi connectivity index (χ3v) is 7.00. The Morgan fingerprint density at radius 3 is 2.36 bits per heavy atom. The number of rotatable bonds is 9. The second-order valence-electron chi connectivity index (χ2n) is 10.8. The third-order valence-electron chi connectivity index (χ3n) is 7.00. The van der Waals surface area contributed by atoms with Gasteiger partial charge in [-0.25, -0.2) is 4.79 Å². The van der Waals surface area contributed by atoms with Crippen LogP contribution in [0.4, 0.5) is 14.6 Å². The van der Waals surface area contributed by atoms with Gasteiger partial charge < -0.3 is 25.3 Å². The fraction of sp³-hybridized carbons (Fsp3) is 0.731. The zero-order valence-electron chi connectivity index (χ0n) is 22.7. The van der Waals surface area contributed by atoms with Crippen molar-refractivity contribution in [2.45, 2.75) is 96.6 Å². The van der Waals surface area contributed by atoms with Gasteiger partial charge in [-0.15, -0.1) is 0 Å². The van der Waals surface area contributed by atoms with E-state index < -0.39 is 66.5 Å². The Bertz CT molecular complexity index is 1090. The molecule has 39 heavy (non-hydrogen) atoms. The molecule has 1 aliphatic heterocycles. The molecule has 0 bridgehead atoms. The van der Waals surface area contributed by atoms with Gasteiger partial charge in [0.05, 0.1) is 5.92 Å². The van der Waals surface area contributed by atoms with Gasteiger partial charge in [-0.3, -0.25) is 19.0 Å². The molecular weight excluding hydrogens is 518 g/mol. The number of aromatic nitrogens is 2. The summed E-state index contributed by atoms with van der Waals surface area (Å²) in [6.07, 6.45) is 0.473. The fourth-order valence-corrected chi connectivity index (χ4v) is 4.49. The van der Waals surface area contributed by atoms with Gasteiger partial charge in [0, 0.05) is 12.1 Å². The molecule has 2 aliphatic rings. The van der Waals surface area contributed by atoms with E-state index in [-0.39, 0.29) is 17.6 Å². The van der Waals surface area contributed by atoms with Crippen molar-refractivity contribution in [3.05, 3.63) is 22.7 Å². The Balaban J connectivity index is 1.82. The van der Waals surface area contributed by atoms with E-state index in [1.165, 1.54) is 6.07 Å². The lowest BCUT2D eigenvalue weighted by Crippen LogP contribution is -2.48. The average Bonchev–Trinajstić information content (AvgIpc) is 3.04. The predicted molar refractivity (Wildman–Crippen MR) is 136 cm³/mol. The molecule has 1 aliphatic carbocycles. The van der Waals surface area contributed by atoms with E-state index >= 15 is 8.78 Å². The molecule has 2 heterocycles. The quantitative estimate of drug-likeness (QED) is 0.345. The number of esters is 2. The van der Waals surface area contributed by atoms with Crippen molar-refractivity contribution >= 4 is 23.7 Å². The van der Waals surface area contributed by atoms with Crippen molar-refractivity contribution in [1.29, 1.82) is 0 Å². The summed E-state index contributed by atoms with van der Waals surface area (Å²) < 4.78 is 47.4. The molecule has 0 aromatic carbocycles. The van der Waals surface area contributed by atoms with Crippen LogP contribution in [-0.2, 0) is 28.6 Å². The number of carbonyl (C=O) groups is 3. The van der Waals surface area contributed by atoms with Crippen LogP contribution in [-0.4, -0.2) is 58.2 Å². The van der Waals surface area contributed by atoms with Gasteiger partial charge in [0.15, 0.2) is 6.10 Å². The number of nitrogens with two attached hydrogens (primary N) is 1. The van der Waals surface area contributed by atoms with Crippen LogP contribution in [0, 0.1) is 17.8 Å². The van der Waals surface area contributed by atoms with E-state index in [0.29, 0.717) is 4.57 Å². The van der Waals surface area contributed by atoms with Crippen LogP contribution in [0.5, 0.6) is 0 Å². The summed E-state index contributed by atoms with van der Waals surface area (Å²) in [5.74, 6) is -7.15. The number of anilines is 1. The lowest BCUT2D eigenvalue weighted by molar-refractivity contribution is -0.179. The van der Waals surface area contributed by atoms with Gasteiger partial charge in [0.1, 0.15) is 24.6 Å². The first-order valence-corrected chi connectivity index (χ1v) is 13.4. The third kappa shape index (κ3) is 7.38. The highest BCUT2D eigenvalue weighted by atomic mass is 19.3. The summed E-state index contributed by atoms with van der Waals surface area (Å²) in [7, 11) is 0. The van der Waals surface area contributed by atoms with E-state index in [1.54, 1.807) is 27.7 Å². The monoisotopic (exact) mass is 556 g/mol. The summed E-state index contributed by atoms with van der Waals surface area (Å²) in [6, 6.07) is 0.0384. The minimum atomic E-state index is -3.92. The van der Waals surface area contributed by atoms with Crippen molar-refractivity contribution in [3.63, 3.8) is 0 Å². The number of amides is 1. The molecule has 13 heteroatoms. The standard InChI is InChI=1S/C26H38F2N4O7/c1-14(2)19(29)23(35)39-20-17(13-37-22(34)15(3)4)38-24(26(20,27)28)32-12-11-18(31-25(32)36)30-21(33)16-9-7-5-6-8-10-16/h11-12,14-17,19-20,24H,5-10,13,29H2,1-4H3,(H,30,31,33,36)/t17-,19+,20-,24-/m1/s1. The van der Waals surface area contributed by atoms with Gasteiger partial charge in [-0.05, 0) is 24.8 Å². The highest BCUT2D eigenvalue weighted by Crippen LogP contribution is 2.44. The van der Waals surface area contributed by atoms with Crippen LogP contribution in [0.3, 0.4) is 0 Å². The summed E-state index contributed by atoms with van der Waals surface area (Å²) in [4.78, 5) is 53.6. The minimum absolute atomic E-state index is 0.0693. The highest BCUT2D eigenvalue weighted by molar-refractivity contribution is 5.91. The Morgan fingerprint density at radius 2 is 1.79 bits per heavy atom. The highest BCUT2D eigenvalue weighted by Gasteiger charge is 2.63. The number of alkyl halides is 2. The number of nitrogens with one attached hydrogen (secondary N) is 1. The first-order valence-electron chi connectivity index (χ1n) is 13.4. The molecule has 1 aromatic heterocycles. The van der Waals surface area contributed by atoms with Crippen LogP contribution in [0.25, 0.3) is 0 Å². The number of halogens is 2. The molecule has 218 valence electrons. The van der Waals surface area contributed by atoms with Crippen LogP contribution in [0.1, 0.15) is 72.4 Å². The van der Waals surface area contributed by atoms with Gasteiger partial charge in [0.25, 0.3) is 0 Å². The Kier molecular flexibility index (Phi) is 10.2. The summed E-state index contributed by atoms with van der Waals surface area (Å²) in [6.45, 7) is 5.74. The van der Waals surface area contributed by atoms with Crippen molar-refractivity contribution < 1.29 is 37.4 Å². The van der Waals surface area contributed by atoms with Gasteiger partial charge in [-0.1, -0.05) is 53.4 Å². The largest absolute Gasteiger partial charge is 0.463 e. The number of nitrogens with zero attached hydrogens (tertiary/aromatic N) is 2. The average molecular weight is 557 g/mol. The molecule has 0 unspecified atom stereocenters. The van der Waals surface area contributed by atoms with Crippen molar-refractivity contribution in [2.24, 2.45) is 23.5 Å². The van der Waals surface area contributed by atoms with Crippen LogP contribution < -0.4 is 16.7 Å². The maximum atomic E-state index is 15.6. The Hall–Kier alpha value is -2.93. The Morgan fingerprint density at radius 1 is 1.15 bits per heavy atom. The number of ether oxygens (including phenoxy) is 3. The molecule has 1 saturated heterocycles. The van der Waals surface area contributed by atoms with Crippen LogP contribution >= 0.6 is 0 Å². The van der Waals surface area contributed by atoms with Crippen LogP contribution in [0.2, 0.25) is 0 Å². The molecule has 3 N–H and O–H groups in total. The van der Waals surface area contributed by atoms with E-state index in [9.17, 15) is 19.2 Å². The summed E-state index contributed by atoms with van der Waals surface area (Å²) >= 11 is 0. The lowest BCUT2D eigenvalue weighted by Gasteiger charge is -2.26. The molecule has 4 atom stereocenters. The maximum Gasteiger partial charge on any atom is 0.351 e. The van der Waals surface area contributed by atoms with Crippen LogP contribution in [0.15, 0.2) is 17.1 Å². The number of hydrogen-bond donors (Lipinski definition) is 2. The summed E-state index contributed by atoms with van der Waals surface area (Å²) in [5.41, 5.74) is 4.67. The maximum absolute atomic E-state index is 15.6. The molecular formula is C26H38F2N4O7. The van der Waals surface area contributed by atoms with E-state index in [0.717, 1.165) is 44.7 Å². The van der Waals surface area contributed by atoms with E-state index in [1.807, 2.05) is 0 Å².